The van der Waals surface area contributed by atoms with E-state index in [2.05, 4.69) is 14.9 Å². The van der Waals surface area contributed by atoms with Crippen molar-refractivity contribution in [2.45, 2.75) is 6.92 Å². The van der Waals surface area contributed by atoms with Gasteiger partial charge in [0.1, 0.15) is 0 Å². The number of H-pyrrole nitrogens is 1. The molecule has 0 spiro atoms. The maximum atomic E-state index is 12.9. The van der Waals surface area contributed by atoms with Crippen molar-refractivity contribution in [3.05, 3.63) is 66.5 Å². The standard InChI is InChI=1S/C22H26N4O/c1-4-26(14-13-25(2)3)22(27)19-12-8-11-18(15-19)21-20(23-16-24-21)17-9-6-5-7-10-17/h5-12,15-16H,4,13-14H2,1-3H3,(H,23,24). The van der Waals surface area contributed by atoms with Gasteiger partial charge in [-0.05, 0) is 33.2 Å². The van der Waals surface area contributed by atoms with Crippen molar-refractivity contribution in [2.75, 3.05) is 33.7 Å². The lowest BCUT2D eigenvalue weighted by Gasteiger charge is -2.23. The van der Waals surface area contributed by atoms with Crippen LogP contribution in [0.3, 0.4) is 0 Å². The van der Waals surface area contributed by atoms with Gasteiger partial charge in [0, 0.05) is 36.3 Å². The summed E-state index contributed by atoms with van der Waals surface area (Å²) in [6.45, 7) is 4.26. The molecule has 3 rings (SSSR count). The highest BCUT2D eigenvalue weighted by Gasteiger charge is 2.16. The first kappa shape index (κ1) is 18.9. The fourth-order valence-electron chi connectivity index (χ4n) is 3.04. The molecule has 0 bridgehead atoms. The molecular formula is C22H26N4O. The highest BCUT2D eigenvalue weighted by molar-refractivity contribution is 5.96. The van der Waals surface area contributed by atoms with Crippen molar-refractivity contribution < 1.29 is 4.79 Å². The van der Waals surface area contributed by atoms with E-state index in [0.29, 0.717) is 18.7 Å². The Hall–Kier alpha value is -2.92. The van der Waals surface area contributed by atoms with E-state index in [9.17, 15) is 4.79 Å². The van der Waals surface area contributed by atoms with Crippen LogP contribution in [-0.2, 0) is 0 Å². The average Bonchev–Trinajstić information content (AvgIpc) is 3.19. The van der Waals surface area contributed by atoms with Gasteiger partial charge in [-0.3, -0.25) is 4.79 Å². The first-order valence-corrected chi connectivity index (χ1v) is 9.23. The number of amides is 1. The lowest BCUT2D eigenvalue weighted by Crippen LogP contribution is -2.36. The monoisotopic (exact) mass is 362 g/mol. The van der Waals surface area contributed by atoms with Gasteiger partial charge in [-0.15, -0.1) is 0 Å². The molecule has 0 saturated carbocycles. The van der Waals surface area contributed by atoms with Crippen molar-refractivity contribution >= 4 is 5.91 Å². The number of aromatic nitrogens is 2. The van der Waals surface area contributed by atoms with Crippen LogP contribution in [0.5, 0.6) is 0 Å². The number of carbonyl (C=O) groups excluding carboxylic acids is 1. The molecule has 0 fully saturated rings. The summed E-state index contributed by atoms with van der Waals surface area (Å²) < 4.78 is 0. The van der Waals surface area contributed by atoms with Gasteiger partial charge in [0.15, 0.2) is 0 Å². The zero-order valence-corrected chi connectivity index (χ0v) is 16.1. The summed E-state index contributed by atoms with van der Waals surface area (Å²) in [5.74, 6) is 0.0574. The number of hydrogen-bond acceptors (Lipinski definition) is 3. The maximum absolute atomic E-state index is 12.9. The van der Waals surface area contributed by atoms with E-state index in [0.717, 1.165) is 29.1 Å². The van der Waals surface area contributed by atoms with E-state index < -0.39 is 0 Å². The van der Waals surface area contributed by atoms with E-state index in [4.69, 9.17) is 0 Å². The Kier molecular flexibility index (Phi) is 6.04. The fraction of sp³-hybridized carbons (Fsp3) is 0.273. The Balaban J connectivity index is 1.89. The molecule has 140 valence electrons. The number of carbonyl (C=O) groups is 1. The van der Waals surface area contributed by atoms with E-state index in [-0.39, 0.29) is 5.91 Å². The van der Waals surface area contributed by atoms with Gasteiger partial charge in [-0.1, -0.05) is 42.5 Å². The second-order valence-electron chi connectivity index (χ2n) is 6.76. The van der Waals surface area contributed by atoms with E-state index in [1.165, 1.54) is 0 Å². The van der Waals surface area contributed by atoms with Crippen molar-refractivity contribution in [2.24, 2.45) is 0 Å². The molecule has 0 aliphatic carbocycles. The third-order valence-electron chi connectivity index (χ3n) is 4.57. The number of aromatic amines is 1. The van der Waals surface area contributed by atoms with Crippen molar-refractivity contribution in [3.8, 4) is 22.5 Å². The second-order valence-corrected chi connectivity index (χ2v) is 6.76. The minimum absolute atomic E-state index is 0.0574. The minimum Gasteiger partial charge on any atom is -0.344 e. The van der Waals surface area contributed by atoms with Gasteiger partial charge in [0.05, 0.1) is 17.7 Å². The quantitative estimate of drug-likeness (QED) is 0.696. The molecule has 2 aromatic carbocycles. The smallest absolute Gasteiger partial charge is 0.253 e. The number of benzene rings is 2. The topological polar surface area (TPSA) is 52.2 Å². The Bertz CT molecular complexity index is 886. The predicted octanol–water partition coefficient (Wildman–Crippen LogP) is 3.77. The zero-order chi connectivity index (χ0) is 19.2. The van der Waals surface area contributed by atoms with Gasteiger partial charge in [-0.2, -0.15) is 0 Å². The summed E-state index contributed by atoms with van der Waals surface area (Å²) in [7, 11) is 4.03. The number of nitrogens with zero attached hydrogens (tertiary/aromatic N) is 3. The van der Waals surface area contributed by atoms with E-state index in [1.54, 1.807) is 6.33 Å². The Labute approximate surface area is 160 Å². The predicted molar refractivity (Wildman–Crippen MR) is 110 cm³/mol. The number of rotatable bonds is 7. The normalized spacial score (nSPS) is 11.0. The number of nitrogens with one attached hydrogen (secondary N) is 1. The van der Waals surface area contributed by atoms with Crippen LogP contribution in [0.25, 0.3) is 22.5 Å². The first-order valence-electron chi connectivity index (χ1n) is 9.23. The van der Waals surface area contributed by atoms with Crippen molar-refractivity contribution in [1.82, 2.24) is 19.8 Å². The fourth-order valence-corrected chi connectivity index (χ4v) is 3.04. The summed E-state index contributed by atoms with van der Waals surface area (Å²) in [5, 5.41) is 0. The molecule has 1 heterocycles. The Morgan fingerprint density at radius 2 is 1.74 bits per heavy atom. The first-order chi connectivity index (χ1) is 13.1. The van der Waals surface area contributed by atoms with Crippen LogP contribution in [0, 0.1) is 0 Å². The largest absolute Gasteiger partial charge is 0.344 e. The van der Waals surface area contributed by atoms with Crippen LogP contribution in [0.1, 0.15) is 17.3 Å². The van der Waals surface area contributed by atoms with Gasteiger partial charge in [0.2, 0.25) is 0 Å². The van der Waals surface area contributed by atoms with Crippen LogP contribution in [0.2, 0.25) is 0 Å². The van der Waals surface area contributed by atoms with E-state index in [1.807, 2.05) is 80.5 Å². The number of hydrogen-bond donors (Lipinski definition) is 1. The average molecular weight is 362 g/mol. The molecule has 0 radical (unpaired) electrons. The summed E-state index contributed by atoms with van der Waals surface area (Å²) in [6, 6.07) is 17.8. The molecule has 1 aromatic heterocycles. The molecule has 0 atom stereocenters. The zero-order valence-electron chi connectivity index (χ0n) is 16.1. The molecule has 5 heteroatoms. The molecule has 1 amide bonds. The molecule has 0 unspecified atom stereocenters. The lowest BCUT2D eigenvalue weighted by molar-refractivity contribution is 0.0754. The molecule has 27 heavy (non-hydrogen) atoms. The Morgan fingerprint density at radius 3 is 2.44 bits per heavy atom. The van der Waals surface area contributed by atoms with Crippen LogP contribution in [0.4, 0.5) is 0 Å². The molecule has 1 N–H and O–H groups in total. The Morgan fingerprint density at radius 1 is 1.00 bits per heavy atom. The van der Waals surface area contributed by atoms with Gasteiger partial charge in [-0.25, -0.2) is 4.98 Å². The highest BCUT2D eigenvalue weighted by atomic mass is 16.2. The summed E-state index contributed by atoms with van der Waals surface area (Å²) in [4.78, 5) is 24.6. The maximum Gasteiger partial charge on any atom is 0.253 e. The third-order valence-corrected chi connectivity index (χ3v) is 4.57. The summed E-state index contributed by atoms with van der Waals surface area (Å²) >= 11 is 0. The van der Waals surface area contributed by atoms with E-state index >= 15 is 0 Å². The minimum atomic E-state index is 0.0574. The molecule has 0 aliphatic heterocycles. The lowest BCUT2D eigenvalue weighted by atomic mass is 10.0. The summed E-state index contributed by atoms with van der Waals surface area (Å²) in [6.07, 6.45) is 1.70. The van der Waals surface area contributed by atoms with Gasteiger partial charge in [0.25, 0.3) is 5.91 Å². The van der Waals surface area contributed by atoms with Crippen LogP contribution >= 0.6 is 0 Å². The van der Waals surface area contributed by atoms with Gasteiger partial charge >= 0.3 is 0 Å². The third kappa shape index (κ3) is 4.44. The molecule has 0 saturated heterocycles. The molecular weight excluding hydrogens is 336 g/mol. The van der Waals surface area contributed by atoms with Crippen LogP contribution in [0.15, 0.2) is 60.9 Å². The highest BCUT2D eigenvalue weighted by Crippen LogP contribution is 2.29. The molecule has 5 nitrogen and oxygen atoms in total. The number of imidazole rings is 1. The van der Waals surface area contributed by atoms with Crippen molar-refractivity contribution in [1.29, 1.82) is 0 Å². The SMILES string of the molecule is CCN(CCN(C)C)C(=O)c1cccc(-c2[nH]cnc2-c2ccccc2)c1. The van der Waals surface area contributed by atoms with Crippen molar-refractivity contribution in [3.63, 3.8) is 0 Å². The van der Waals surface area contributed by atoms with Crippen LogP contribution in [-0.4, -0.2) is 59.4 Å². The second kappa shape index (κ2) is 8.64. The number of likely N-dealkylation sites (N-methyl/N-ethyl adjacent to an activating group) is 2. The van der Waals surface area contributed by atoms with Crippen LogP contribution < -0.4 is 0 Å². The summed E-state index contributed by atoms with van der Waals surface area (Å²) in [5.41, 5.74) is 4.52. The molecule has 0 aliphatic rings. The molecule has 3 aromatic rings. The van der Waals surface area contributed by atoms with Gasteiger partial charge < -0.3 is 14.8 Å².